The minimum Gasteiger partial charge on any atom is -0.357 e. The van der Waals surface area contributed by atoms with Gasteiger partial charge in [0.15, 0.2) is 5.96 Å². The van der Waals surface area contributed by atoms with Gasteiger partial charge in [-0.3, -0.25) is 14.8 Å². The third-order valence-corrected chi connectivity index (χ3v) is 3.32. The highest BCUT2D eigenvalue weighted by molar-refractivity contribution is 14.0. The molecule has 0 spiro atoms. The van der Waals surface area contributed by atoms with Crippen LogP contribution in [0, 0.1) is 0 Å². The van der Waals surface area contributed by atoms with Crippen molar-refractivity contribution in [3.05, 3.63) is 30.1 Å². The van der Waals surface area contributed by atoms with Crippen LogP contribution in [0.2, 0.25) is 0 Å². The fraction of sp³-hybridized carbons (Fsp3) is 0.533. The fourth-order valence-electron chi connectivity index (χ4n) is 2.29. The number of carbonyl (C=O) groups excluding carboxylic acids is 1. The van der Waals surface area contributed by atoms with Crippen molar-refractivity contribution < 1.29 is 4.79 Å². The first kappa shape index (κ1) is 18.7. The van der Waals surface area contributed by atoms with E-state index in [1.54, 1.807) is 24.5 Å². The molecule has 0 aliphatic carbocycles. The lowest BCUT2D eigenvalue weighted by Gasteiger charge is -2.20. The number of rotatable bonds is 5. The molecule has 0 saturated carbocycles. The standard InChI is InChI=1S/C15H23N5O.HI/c1-2-17-15(20-10-3-4-11-20)19-9-8-18-14(21)13-6-5-7-16-12-13;/h5-7,12H,2-4,8-11H2,1H3,(H,17,19)(H,18,21);1H. The van der Waals surface area contributed by atoms with E-state index in [4.69, 9.17) is 0 Å². The summed E-state index contributed by atoms with van der Waals surface area (Å²) in [7, 11) is 0. The molecule has 122 valence electrons. The molecule has 1 aromatic heterocycles. The van der Waals surface area contributed by atoms with Crippen molar-refractivity contribution >= 4 is 35.8 Å². The van der Waals surface area contributed by atoms with Gasteiger partial charge in [-0.25, -0.2) is 0 Å². The van der Waals surface area contributed by atoms with Gasteiger partial charge in [-0.2, -0.15) is 0 Å². The maximum atomic E-state index is 11.8. The minimum atomic E-state index is -0.107. The topological polar surface area (TPSA) is 69.6 Å². The number of hydrogen-bond donors (Lipinski definition) is 2. The molecule has 0 bridgehead atoms. The Balaban J connectivity index is 0.00000242. The van der Waals surface area contributed by atoms with E-state index in [1.165, 1.54) is 12.8 Å². The van der Waals surface area contributed by atoms with Crippen LogP contribution in [0.5, 0.6) is 0 Å². The summed E-state index contributed by atoms with van der Waals surface area (Å²) in [5.74, 6) is 0.843. The first-order valence-corrected chi connectivity index (χ1v) is 7.52. The first-order valence-electron chi connectivity index (χ1n) is 7.52. The second-order valence-electron chi connectivity index (χ2n) is 4.93. The van der Waals surface area contributed by atoms with Crippen LogP contribution in [0.4, 0.5) is 0 Å². The van der Waals surface area contributed by atoms with Crippen LogP contribution >= 0.6 is 24.0 Å². The van der Waals surface area contributed by atoms with Crippen molar-refractivity contribution in [2.45, 2.75) is 19.8 Å². The van der Waals surface area contributed by atoms with E-state index in [0.717, 1.165) is 25.6 Å². The summed E-state index contributed by atoms with van der Waals surface area (Å²) >= 11 is 0. The van der Waals surface area contributed by atoms with Crippen molar-refractivity contribution in [3.63, 3.8) is 0 Å². The Labute approximate surface area is 148 Å². The lowest BCUT2D eigenvalue weighted by molar-refractivity contribution is 0.0954. The van der Waals surface area contributed by atoms with Gasteiger partial charge in [0.2, 0.25) is 0 Å². The zero-order valence-electron chi connectivity index (χ0n) is 12.9. The molecule has 1 fully saturated rings. The summed E-state index contributed by atoms with van der Waals surface area (Å²) in [5, 5.41) is 6.15. The van der Waals surface area contributed by atoms with E-state index in [-0.39, 0.29) is 29.9 Å². The maximum Gasteiger partial charge on any atom is 0.252 e. The molecule has 2 heterocycles. The van der Waals surface area contributed by atoms with Crippen LogP contribution in [-0.2, 0) is 0 Å². The van der Waals surface area contributed by atoms with E-state index in [0.29, 0.717) is 18.7 Å². The third kappa shape index (κ3) is 5.78. The number of nitrogens with zero attached hydrogens (tertiary/aromatic N) is 3. The summed E-state index contributed by atoms with van der Waals surface area (Å²) in [5.41, 5.74) is 0.577. The highest BCUT2D eigenvalue weighted by atomic mass is 127. The van der Waals surface area contributed by atoms with E-state index in [1.807, 2.05) is 0 Å². The number of carbonyl (C=O) groups is 1. The zero-order chi connectivity index (χ0) is 14.9. The molecule has 0 radical (unpaired) electrons. The predicted octanol–water partition coefficient (Wildman–Crippen LogP) is 1.49. The Bertz CT molecular complexity index is 474. The average Bonchev–Trinajstić information content (AvgIpc) is 3.05. The second-order valence-corrected chi connectivity index (χ2v) is 4.93. The normalized spacial score (nSPS) is 14.4. The molecule has 1 aliphatic rings. The number of amides is 1. The second kappa shape index (κ2) is 10.4. The summed E-state index contributed by atoms with van der Waals surface area (Å²) in [6, 6.07) is 3.50. The van der Waals surface area contributed by atoms with Crippen molar-refractivity contribution in [2.75, 3.05) is 32.7 Å². The Morgan fingerprint density at radius 3 is 2.77 bits per heavy atom. The number of hydrogen-bond acceptors (Lipinski definition) is 3. The molecule has 2 N–H and O–H groups in total. The predicted molar refractivity (Wildman–Crippen MR) is 98.8 cm³/mol. The number of aliphatic imine (C=N–C) groups is 1. The number of nitrogens with one attached hydrogen (secondary N) is 2. The smallest absolute Gasteiger partial charge is 0.252 e. The van der Waals surface area contributed by atoms with Gasteiger partial charge in [-0.15, -0.1) is 24.0 Å². The molecule has 0 unspecified atom stereocenters. The Hall–Kier alpha value is -1.38. The molecule has 1 amide bonds. The first-order chi connectivity index (χ1) is 10.3. The van der Waals surface area contributed by atoms with E-state index < -0.39 is 0 Å². The number of guanidine groups is 1. The Morgan fingerprint density at radius 2 is 2.14 bits per heavy atom. The third-order valence-electron chi connectivity index (χ3n) is 3.32. The summed E-state index contributed by atoms with van der Waals surface area (Å²) in [6.07, 6.45) is 5.66. The van der Waals surface area contributed by atoms with Gasteiger partial charge in [0.1, 0.15) is 0 Å². The Kier molecular flexibility index (Phi) is 8.79. The monoisotopic (exact) mass is 417 g/mol. The van der Waals surface area contributed by atoms with Crippen LogP contribution in [-0.4, -0.2) is 54.5 Å². The molecule has 1 saturated heterocycles. The quantitative estimate of drug-likeness (QED) is 0.330. The number of likely N-dealkylation sites (tertiary alicyclic amines) is 1. The highest BCUT2D eigenvalue weighted by Crippen LogP contribution is 2.07. The number of halogens is 1. The lowest BCUT2D eigenvalue weighted by Crippen LogP contribution is -2.40. The van der Waals surface area contributed by atoms with Gasteiger partial charge >= 0.3 is 0 Å². The number of aromatic nitrogens is 1. The molecule has 0 aromatic carbocycles. The molecule has 7 heteroatoms. The summed E-state index contributed by atoms with van der Waals surface area (Å²) in [4.78, 5) is 22.6. The number of pyridine rings is 1. The van der Waals surface area contributed by atoms with Crippen LogP contribution < -0.4 is 10.6 Å². The van der Waals surface area contributed by atoms with Gasteiger partial charge in [0.05, 0.1) is 12.1 Å². The van der Waals surface area contributed by atoms with Gasteiger partial charge in [0, 0.05) is 38.6 Å². The van der Waals surface area contributed by atoms with Crippen LogP contribution in [0.15, 0.2) is 29.5 Å². The zero-order valence-corrected chi connectivity index (χ0v) is 15.2. The molecule has 1 aromatic rings. The van der Waals surface area contributed by atoms with Crippen molar-refractivity contribution in [3.8, 4) is 0 Å². The van der Waals surface area contributed by atoms with Crippen molar-refractivity contribution in [1.29, 1.82) is 0 Å². The van der Waals surface area contributed by atoms with Gasteiger partial charge in [0.25, 0.3) is 5.91 Å². The average molecular weight is 417 g/mol. The lowest BCUT2D eigenvalue weighted by atomic mass is 10.3. The van der Waals surface area contributed by atoms with Gasteiger partial charge in [-0.1, -0.05) is 0 Å². The van der Waals surface area contributed by atoms with Crippen molar-refractivity contribution in [1.82, 2.24) is 20.5 Å². The fourth-order valence-corrected chi connectivity index (χ4v) is 2.29. The van der Waals surface area contributed by atoms with Crippen LogP contribution in [0.3, 0.4) is 0 Å². The molecule has 22 heavy (non-hydrogen) atoms. The van der Waals surface area contributed by atoms with Crippen LogP contribution in [0.1, 0.15) is 30.1 Å². The van der Waals surface area contributed by atoms with E-state index >= 15 is 0 Å². The molecule has 2 rings (SSSR count). The van der Waals surface area contributed by atoms with Gasteiger partial charge in [-0.05, 0) is 31.9 Å². The summed E-state index contributed by atoms with van der Waals surface area (Å²) in [6.45, 7) is 6.15. The highest BCUT2D eigenvalue weighted by Gasteiger charge is 2.15. The summed E-state index contributed by atoms with van der Waals surface area (Å²) < 4.78 is 0. The largest absolute Gasteiger partial charge is 0.357 e. The maximum absolute atomic E-state index is 11.8. The molecular weight excluding hydrogens is 393 g/mol. The molecule has 6 nitrogen and oxygen atoms in total. The molecule has 1 aliphatic heterocycles. The minimum absolute atomic E-state index is 0. The van der Waals surface area contributed by atoms with Crippen molar-refractivity contribution in [2.24, 2.45) is 4.99 Å². The SMILES string of the molecule is CCNC(=NCCNC(=O)c1cccnc1)N1CCCC1.I. The molecule has 0 atom stereocenters. The van der Waals surface area contributed by atoms with E-state index in [9.17, 15) is 4.79 Å². The van der Waals surface area contributed by atoms with Gasteiger partial charge < -0.3 is 15.5 Å². The van der Waals surface area contributed by atoms with E-state index in [2.05, 4.69) is 32.4 Å². The molecular formula is C15H24IN5O. The van der Waals surface area contributed by atoms with Crippen LogP contribution in [0.25, 0.3) is 0 Å². The Morgan fingerprint density at radius 1 is 1.36 bits per heavy atom.